The van der Waals surface area contributed by atoms with Gasteiger partial charge in [0.2, 0.25) is 0 Å². The van der Waals surface area contributed by atoms with E-state index in [0.717, 1.165) is 27.5 Å². The summed E-state index contributed by atoms with van der Waals surface area (Å²) in [5, 5.41) is 23.0. The number of benzene rings is 3. The maximum Gasteiger partial charge on any atom is 0.407 e. The largest absolute Gasteiger partial charge is 0.480 e. The van der Waals surface area contributed by atoms with Crippen molar-refractivity contribution in [3.05, 3.63) is 70.8 Å². The highest BCUT2D eigenvalue weighted by Gasteiger charge is 2.34. The highest BCUT2D eigenvalue weighted by Crippen LogP contribution is 2.30. The van der Waals surface area contributed by atoms with E-state index in [1.807, 2.05) is 57.2 Å². The molecule has 3 aromatic rings. The van der Waals surface area contributed by atoms with Crippen LogP contribution in [0, 0.1) is 26.7 Å². The van der Waals surface area contributed by atoms with Crippen LogP contribution in [0.1, 0.15) is 73.5 Å². The van der Waals surface area contributed by atoms with E-state index < -0.39 is 35.6 Å². The van der Waals surface area contributed by atoms with Crippen LogP contribution in [0.3, 0.4) is 0 Å². The highest BCUT2D eigenvalue weighted by molar-refractivity contribution is 6.10. The molecule has 1 atom stereocenters. The van der Waals surface area contributed by atoms with E-state index in [1.165, 1.54) is 0 Å². The van der Waals surface area contributed by atoms with E-state index in [-0.39, 0.29) is 23.2 Å². The van der Waals surface area contributed by atoms with E-state index in [2.05, 4.69) is 21.3 Å². The van der Waals surface area contributed by atoms with Crippen molar-refractivity contribution in [3.63, 3.8) is 0 Å². The summed E-state index contributed by atoms with van der Waals surface area (Å²) >= 11 is 0. The van der Waals surface area contributed by atoms with Gasteiger partial charge in [0, 0.05) is 11.7 Å². The lowest BCUT2D eigenvalue weighted by Crippen LogP contribution is -2.49. The Kier molecular flexibility index (Phi) is 9.81. The van der Waals surface area contributed by atoms with Crippen molar-refractivity contribution in [2.45, 2.75) is 84.9 Å². The lowest BCUT2D eigenvalue weighted by atomic mass is 9.81. The molecule has 0 bridgehead atoms. The van der Waals surface area contributed by atoms with E-state index in [0.29, 0.717) is 31.4 Å². The first-order chi connectivity index (χ1) is 20.7. The SMILES string of the molecule is Cc1cc(C)c(NC(=O)Nc2cc3ccccc3cc2C(=O)NC(C(=O)O)[C@H]2CC[C@H](NC(=O)OC(C)(C)C)CC2)c(C)c1. The third-order valence-electron chi connectivity index (χ3n) is 7.81. The number of hydrogen-bond donors (Lipinski definition) is 5. The second kappa shape index (κ2) is 13.4. The molecule has 4 amide bonds. The summed E-state index contributed by atoms with van der Waals surface area (Å²) in [6, 6.07) is 12.9. The summed E-state index contributed by atoms with van der Waals surface area (Å²) in [5.74, 6) is -2.07. The number of aliphatic carboxylic acids is 1. The lowest BCUT2D eigenvalue weighted by Gasteiger charge is -2.33. The Labute approximate surface area is 257 Å². The van der Waals surface area contributed by atoms with Gasteiger partial charge in [-0.25, -0.2) is 14.4 Å². The van der Waals surface area contributed by atoms with Crippen LogP contribution >= 0.6 is 0 Å². The number of carbonyl (C=O) groups excluding carboxylic acids is 3. The first-order valence-corrected chi connectivity index (χ1v) is 14.9. The van der Waals surface area contributed by atoms with Crippen molar-refractivity contribution in [2.75, 3.05) is 10.6 Å². The molecule has 0 heterocycles. The maximum atomic E-state index is 13.7. The van der Waals surface area contributed by atoms with Gasteiger partial charge in [-0.3, -0.25) is 4.79 Å². The molecule has 10 heteroatoms. The van der Waals surface area contributed by atoms with Crippen LogP contribution in [0.15, 0.2) is 48.5 Å². The molecule has 1 unspecified atom stereocenters. The molecule has 0 saturated heterocycles. The third kappa shape index (κ3) is 8.27. The summed E-state index contributed by atoms with van der Waals surface area (Å²) < 4.78 is 5.34. The van der Waals surface area contributed by atoms with Gasteiger partial charge in [-0.2, -0.15) is 0 Å². The number of nitrogens with one attached hydrogen (secondary N) is 4. The summed E-state index contributed by atoms with van der Waals surface area (Å²) in [4.78, 5) is 51.4. The summed E-state index contributed by atoms with van der Waals surface area (Å²) in [6.45, 7) is 11.2. The summed E-state index contributed by atoms with van der Waals surface area (Å²) in [6.07, 6.45) is 1.61. The Morgan fingerprint density at radius 1 is 0.864 bits per heavy atom. The summed E-state index contributed by atoms with van der Waals surface area (Å²) in [7, 11) is 0. The van der Waals surface area contributed by atoms with Gasteiger partial charge in [-0.05, 0) is 107 Å². The molecule has 5 N–H and O–H groups in total. The van der Waals surface area contributed by atoms with Gasteiger partial charge in [-0.15, -0.1) is 0 Å². The minimum Gasteiger partial charge on any atom is -0.480 e. The number of fused-ring (bicyclic) bond motifs is 1. The quantitative estimate of drug-likeness (QED) is 0.204. The zero-order valence-corrected chi connectivity index (χ0v) is 26.2. The second-order valence-corrected chi connectivity index (χ2v) is 12.6. The van der Waals surface area contributed by atoms with Crippen molar-refractivity contribution in [2.24, 2.45) is 5.92 Å². The van der Waals surface area contributed by atoms with Crippen molar-refractivity contribution in [3.8, 4) is 0 Å². The minimum absolute atomic E-state index is 0.137. The molecule has 0 spiro atoms. The number of carbonyl (C=O) groups is 4. The number of hydrogen-bond acceptors (Lipinski definition) is 5. The average Bonchev–Trinajstić information content (AvgIpc) is 2.92. The van der Waals surface area contributed by atoms with Gasteiger partial charge >= 0.3 is 18.1 Å². The molecule has 44 heavy (non-hydrogen) atoms. The number of carboxylic acids is 1. The fourth-order valence-corrected chi connectivity index (χ4v) is 5.85. The van der Waals surface area contributed by atoms with Crippen LogP contribution in [0.5, 0.6) is 0 Å². The van der Waals surface area contributed by atoms with Crippen LogP contribution in [0.4, 0.5) is 21.0 Å². The monoisotopic (exact) mass is 602 g/mol. The normalized spacial score (nSPS) is 17.3. The Bertz CT molecular complexity index is 1550. The molecular weight excluding hydrogens is 560 g/mol. The Hall–Kier alpha value is -4.60. The van der Waals surface area contributed by atoms with Crippen molar-refractivity contribution in [1.82, 2.24) is 10.6 Å². The number of ether oxygens (including phenoxy) is 1. The van der Waals surface area contributed by atoms with Crippen LogP contribution in [-0.2, 0) is 9.53 Å². The molecule has 10 nitrogen and oxygen atoms in total. The first kappa shape index (κ1) is 32.3. The number of rotatable bonds is 7. The molecule has 1 fully saturated rings. The number of alkyl carbamates (subject to hydrolysis) is 1. The second-order valence-electron chi connectivity index (χ2n) is 12.6. The molecule has 1 aliphatic carbocycles. The topological polar surface area (TPSA) is 146 Å². The van der Waals surface area contributed by atoms with Crippen molar-refractivity contribution < 1.29 is 29.0 Å². The van der Waals surface area contributed by atoms with E-state index in [1.54, 1.807) is 32.9 Å². The summed E-state index contributed by atoms with van der Waals surface area (Å²) in [5.41, 5.74) is 3.39. The number of carboxylic acid groups (broad SMARTS) is 1. The van der Waals surface area contributed by atoms with E-state index in [4.69, 9.17) is 4.74 Å². The molecule has 3 aromatic carbocycles. The van der Waals surface area contributed by atoms with Crippen molar-refractivity contribution >= 4 is 46.1 Å². The number of urea groups is 1. The van der Waals surface area contributed by atoms with Crippen LogP contribution < -0.4 is 21.3 Å². The fourth-order valence-electron chi connectivity index (χ4n) is 5.85. The van der Waals surface area contributed by atoms with E-state index >= 15 is 0 Å². The van der Waals surface area contributed by atoms with Gasteiger partial charge in [-0.1, -0.05) is 42.0 Å². The third-order valence-corrected chi connectivity index (χ3v) is 7.81. The number of amides is 4. The predicted octanol–water partition coefficient (Wildman–Crippen LogP) is 6.68. The zero-order chi connectivity index (χ0) is 32.2. The van der Waals surface area contributed by atoms with Crippen molar-refractivity contribution in [1.29, 1.82) is 0 Å². The van der Waals surface area contributed by atoms with Gasteiger partial charge < -0.3 is 31.1 Å². The average molecular weight is 603 g/mol. The lowest BCUT2D eigenvalue weighted by molar-refractivity contribution is -0.141. The fraction of sp³-hybridized carbons (Fsp3) is 0.412. The van der Waals surface area contributed by atoms with Crippen LogP contribution in [-0.4, -0.2) is 46.8 Å². The molecule has 1 aliphatic rings. The Balaban J connectivity index is 1.50. The molecule has 234 valence electrons. The Morgan fingerprint density at radius 2 is 1.45 bits per heavy atom. The Morgan fingerprint density at radius 3 is 2.02 bits per heavy atom. The van der Waals surface area contributed by atoms with Crippen LogP contribution in [0.25, 0.3) is 10.8 Å². The number of aryl methyl sites for hydroxylation is 3. The maximum absolute atomic E-state index is 13.7. The molecule has 4 rings (SSSR count). The van der Waals surface area contributed by atoms with Gasteiger partial charge in [0.25, 0.3) is 5.91 Å². The first-order valence-electron chi connectivity index (χ1n) is 14.9. The molecule has 0 radical (unpaired) electrons. The van der Waals surface area contributed by atoms with E-state index in [9.17, 15) is 24.3 Å². The minimum atomic E-state index is -1.14. The highest BCUT2D eigenvalue weighted by atomic mass is 16.6. The van der Waals surface area contributed by atoms with Crippen LogP contribution in [0.2, 0.25) is 0 Å². The van der Waals surface area contributed by atoms with Gasteiger partial charge in [0.1, 0.15) is 11.6 Å². The van der Waals surface area contributed by atoms with Gasteiger partial charge in [0.05, 0.1) is 11.3 Å². The molecule has 1 saturated carbocycles. The smallest absolute Gasteiger partial charge is 0.407 e. The van der Waals surface area contributed by atoms with Gasteiger partial charge in [0.15, 0.2) is 0 Å². The zero-order valence-electron chi connectivity index (χ0n) is 26.2. The molecule has 0 aromatic heterocycles. The standard InChI is InChI=1S/C34H42N4O6/c1-19-15-20(2)28(21(3)16-19)38-32(42)36-27-18-24-10-8-7-9-23(24)17-26(27)30(39)37-29(31(40)41)22-11-13-25(14-12-22)35-33(43)44-34(4,5)6/h7-10,15-18,22,25,29H,11-14H2,1-6H3,(H,35,43)(H,37,39)(H,40,41)(H2,36,38,42)/t22-,25-,29?. The molecule has 0 aliphatic heterocycles. The predicted molar refractivity (Wildman–Crippen MR) is 171 cm³/mol. The molecular formula is C34H42N4O6. The number of anilines is 2.